The van der Waals surface area contributed by atoms with Gasteiger partial charge < -0.3 is 10.0 Å². The molecule has 4 nitrogen and oxygen atoms in total. The normalized spacial score (nSPS) is 17.9. The molecule has 0 bridgehead atoms. The van der Waals surface area contributed by atoms with Gasteiger partial charge in [-0.1, -0.05) is 0 Å². The summed E-state index contributed by atoms with van der Waals surface area (Å²) in [6, 6.07) is 2.86. The summed E-state index contributed by atoms with van der Waals surface area (Å²) in [5.74, 6) is -1.23. The lowest BCUT2D eigenvalue weighted by Crippen LogP contribution is -2.46. The largest absolute Gasteiger partial charge is 0.507 e. The zero-order valence-electron chi connectivity index (χ0n) is 11.7. The van der Waals surface area contributed by atoms with Crippen molar-refractivity contribution in [1.82, 2.24) is 9.80 Å². The van der Waals surface area contributed by atoms with Crippen molar-refractivity contribution in [2.75, 3.05) is 39.8 Å². The third-order valence-electron chi connectivity index (χ3n) is 3.59. The number of Topliss-reactive ketones (excluding diaryl/α,β-unsaturated/α-hetero) is 1. The molecule has 0 unspecified atom stereocenters. The van der Waals surface area contributed by atoms with Crippen molar-refractivity contribution in [2.24, 2.45) is 0 Å². The third kappa shape index (κ3) is 3.95. The van der Waals surface area contributed by atoms with Crippen molar-refractivity contribution in [3.63, 3.8) is 0 Å². The number of hydrogen-bond acceptors (Lipinski definition) is 4. The molecule has 2 rings (SSSR count). The van der Waals surface area contributed by atoms with E-state index in [2.05, 4.69) is 4.90 Å². The number of phenolic OH excluding ortho intramolecular Hbond substituents is 1. The molecule has 0 spiro atoms. The van der Waals surface area contributed by atoms with Gasteiger partial charge >= 0.3 is 6.18 Å². The Hall–Kier alpha value is -1.60. The van der Waals surface area contributed by atoms with Gasteiger partial charge in [0.25, 0.3) is 0 Å². The zero-order valence-corrected chi connectivity index (χ0v) is 11.7. The van der Waals surface area contributed by atoms with Crippen molar-refractivity contribution in [2.45, 2.75) is 6.18 Å². The van der Waals surface area contributed by atoms with Crippen LogP contribution >= 0.6 is 0 Å². The molecule has 116 valence electrons. The molecule has 0 aliphatic carbocycles. The Morgan fingerprint density at radius 3 is 2.43 bits per heavy atom. The minimum atomic E-state index is -4.67. The molecule has 1 heterocycles. The van der Waals surface area contributed by atoms with Crippen LogP contribution in [0.15, 0.2) is 18.2 Å². The molecule has 0 radical (unpaired) electrons. The molecular weight excluding hydrogens is 285 g/mol. The van der Waals surface area contributed by atoms with Gasteiger partial charge in [0.2, 0.25) is 0 Å². The highest BCUT2D eigenvalue weighted by atomic mass is 19.4. The number of carbonyl (C=O) groups is 1. The van der Waals surface area contributed by atoms with Crippen LogP contribution in [0.4, 0.5) is 13.2 Å². The van der Waals surface area contributed by atoms with E-state index in [9.17, 15) is 23.1 Å². The van der Waals surface area contributed by atoms with Crippen molar-refractivity contribution in [1.29, 1.82) is 0 Å². The summed E-state index contributed by atoms with van der Waals surface area (Å²) in [4.78, 5) is 16.1. The standard InChI is InChI=1S/C14H17F3N2O2/c1-18-4-6-19(7-5-18)9-13(21)10-2-3-12(20)11(8-10)14(15,16)17/h2-3,8,20H,4-7,9H2,1H3. The maximum Gasteiger partial charge on any atom is 0.419 e. The number of ketones is 1. The second-order valence-electron chi connectivity index (χ2n) is 5.23. The molecule has 0 atom stereocenters. The quantitative estimate of drug-likeness (QED) is 0.865. The fraction of sp³-hybridized carbons (Fsp3) is 0.500. The predicted molar refractivity (Wildman–Crippen MR) is 71.4 cm³/mol. The van der Waals surface area contributed by atoms with Gasteiger partial charge in [0.1, 0.15) is 5.75 Å². The molecule has 1 fully saturated rings. The molecule has 1 aromatic carbocycles. The maximum absolute atomic E-state index is 12.7. The van der Waals surface area contributed by atoms with E-state index in [0.29, 0.717) is 19.2 Å². The second kappa shape index (κ2) is 6.03. The average Bonchev–Trinajstić information content (AvgIpc) is 2.40. The first-order chi connectivity index (χ1) is 9.77. The average molecular weight is 302 g/mol. The molecule has 1 saturated heterocycles. The van der Waals surface area contributed by atoms with Crippen molar-refractivity contribution in [3.05, 3.63) is 29.3 Å². The van der Waals surface area contributed by atoms with Gasteiger partial charge in [0.15, 0.2) is 5.78 Å². The molecular formula is C14H17F3N2O2. The number of halogens is 3. The van der Waals surface area contributed by atoms with Crippen LogP contribution in [0.3, 0.4) is 0 Å². The highest BCUT2D eigenvalue weighted by Crippen LogP contribution is 2.36. The van der Waals surface area contributed by atoms with Crippen molar-refractivity contribution < 1.29 is 23.1 Å². The molecule has 0 amide bonds. The fourth-order valence-electron chi connectivity index (χ4n) is 2.24. The second-order valence-corrected chi connectivity index (χ2v) is 5.23. The number of rotatable bonds is 3. The molecule has 1 aromatic rings. The molecule has 0 saturated carbocycles. The summed E-state index contributed by atoms with van der Waals surface area (Å²) >= 11 is 0. The van der Waals surface area contributed by atoms with Gasteiger partial charge in [-0.3, -0.25) is 9.69 Å². The molecule has 1 aliphatic heterocycles. The van der Waals surface area contributed by atoms with E-state index in [-0.39, 0.29) is 17.9 Å². The van der Waals surface area contributed by atoms with Crippen LogP contribution in [0.25, 0.3) is 0 Å². The van der Waals surface area contributed by atoms with E-state index < -0.39 is 17.5 Å². The summed E-state index contributed by atoms with van der Waals surface area (Å²) in [5.41, 5.74) is -1.20. The van der Waals surface area contributed by atoms with Crippen LogP contribution < -0.4 is 0 Å². The smallest absolute Gasteiger partial charge is 0.419 e. The number of nitrogens with zero attached hydrogens (tertiary/aromatic N) is 2. The van der Waals surface area contributed by atoms with Crippen molar-refractivity contribution >= 4 is 5.78 Å². The minimum Gasteiger partial charge on any atom is -0.507 e. The Kier molecular flexibility index (Phi) is 4.53. The first kappa shape index (κ1) is 15.8. The van der Waals surface area contributed by atoms with Gasteiger partial charge in [0, 0.05) is 31.7 Å². The van der Waals surface area contributed by atoms with Crippen LogP contribution in [0.1, 0.15) is 15.9 Å². The number of hydrogen-bond donors (Lipinski definition) is 1. The molecule has 1 N–H and O–H groups in total. The Balaban J connectivity index is 2.09. The van der Waals surface area contributed by atoms with Gasteiger partial charge in [0.05, 0.1) is 12.1 Å². The van der Waals surface area contributed by atoms with Crippen molar-refractivity contribution in [3.8, 4) is 5.75 Å². The number of piperazine rings is 1. The lowest BCUT2D eigenvalue weighted by atomic mass is 10.1. The first-order valence-electron chi connectivity index (χ1n) is 6.61. The van der Waals surface area contributed by atoms with E-state index in [0.717, 1.165) is 19.2 Å². The first-order valence-corrected chi connectivity index (χ1v) is 6.61. The van der Waals surface area contributed by atoms with Crippen LogP contribution in [0.5, 0.6) is 5.75 Å². The van der Waals surface area contributed by atoms with E-state index in [4.69, 9.17) is 0 Å². The van der Waals surface area contributed by atoms with E-state index in [1.165, 1.54) is 6.07 Å². The number of aromatic hydroxyl groups is 1. The highest BCUT2D eigenvalue weighted by molar-refractivity contribution is 5.98. The summed E-state index contributed by atoms with van der Waals surface area (Å²) in [7, 11) is 1.98. The third-order valence-corrected chi connectivity index (χ3v) is 3.59. The number of likely N-dealkylation sites (N-methyl/N-ethyl adjacent to an activating group) is 1. The Labute approximate surface area is 120 Å². The Morgan fingerprint density at radius 2 is 1.86 bits per heavy atom. The summed E-state index contributed by atoms with van der Waals surface area (Å²) < 4.78 is 38.1. The maximum atomic E-state index is 12.7. The lowest BCUT2D eigenvalue weighted by Gasteiger charge is -2.31. The topological polar surface area (TPSA) is 43.8 Å². The van der Waals surface area contributed by atoms with Gasteiger partial charge in [-0.05, 0) is 25.2 Å². The van der Waals surface area contributed by atoms with Gasteiger partial charge in [-0.15, -0.1) is 0 Å². The van der Waals surface area contributed by atoms with E-state index in [1.54, 1.807) is 0 Å². The Bertz CT molecular complexity index is 523. The summed E-state index contributed by atoms with van der Waals surface area (Å²) in [5, 5.41) is 9.26. The number of phenols is 1. The molecule has 7 heteroatoms. The Morgan fingerprint density at radius 1 is 1.24 bits per heavy atom. The zero-order chi connectivity index (χ0) is 15.6. The molecule has 1 aliphatic rings. The van der Waals surface area contributed by atoms with E-state index in [1.807, 2.05) is 11.9 Å². The van der Waals surface area contributed by atoms with E-state index >= 15 is 0 Å². The SMILES string of the molecule is CN1CCN(CC(=O)c2ccc(O)c(C(F)(F)F)c2)CC1. The van der Waals surface area contributed by atoms with Crippen LogP contribution in [-0.2, 0) is 6.18 Å². The summed E-state index contributed by atoms with van der Waals surface area (Å²) in [6.45, 7) is 3.18. The fourth-order valence-corrected chi connectivity index (χ4v) is 2.24. The summed E-state index contributed by atoms with van der Waals surface area (Å²) in [6.07, 6.45) is -4.67. The van der Waals surface area contributed by atoms with Crippen LogP contribution in [0, 0.1) is 0 Å². The van der Waals surface area contributed by atoms with Gasteiger partial charge in [-0.2, -0.15) is 13.2 Å². The number of benzene rings is 1. The number of carbonyl (C=O) groups excluding carboxylic acids is 1. The minimum absolute atomic E-state index is 0.0287. The lowest BCUT2D eigenvalue weighted by molar-refractivity contribution is -0.138. The monoisotopic (exact) mass is 302 g/mol. The molecule has 21 heavy (non-hydrogen) atoms. The van der Waals surface area contributed by atoms with Crippen LogP contribution in [-0.4, -0.2) is 60.5 Å². The highest BCUT2D eigenvalue weighted by Gasteiger charge is 2.34. The predicted octanol–water partition coefficient (Wildman–Crippen LogP) is 1.84. The van der Waals surface area contributed by atoms with Crippen LogP contribution in [0.2, 0.25) is 0 Å². The number of alkyl halides is 3. The van der Waals surface area contributed by atoms with Gasteiger partial charge in [-0.25, -0.2) is 0 Å². The molecule has 0 aromatic heterocycles.